The molecule has 0 radical (unpaired) electrons. The Bertz CT molecular complexity index is 526. The molecule has 0 aliphatic carbocycles. The van der Waals surface area contributed by atoms with Crippen LogP contribution in [0.2, 0.25) is 0 Å². The van der Waals surface area contributed by atoms with Gasteiger partial charge in [-0.15, -0.1) is 11.3 Å². The van der Waals surface area contributed by atoms with E-state index in [9.17, 15) is 0 Å². The van der Waals surface area contributed by atoms with E-state index < -0.39 is 0 Å². The first kappa shape index (κ1) is 14.6. The smallest absolute Gasteiger partial charge is 0.119 e. The van der Waals surface area contributed by atoms with Crippen molar-refractivity contribution in [1.29, 1.82) is 0 Å². The summed E-state index contributed by atoms with van der Waals surface area (Å²) in [7, 11) is 3.73. The fourth-order valence-electron chi connectivity index (χ4n) is 2.06. The zero-order valence-electron chi connectivity index (χ0n) is 11.2. The van der Waals surface area contributed by atoms with Crippen LogP contribution in [0.25, 0.3) is 0 Å². The first-order chi connectivity index (χ1) is 9.21. The molecule has 1 N–H and O–H groups in total. The second kappa shape index (κ2) is 7.08. The lowest BCUT2D eigenvalue weighted by atomic mass is 10.0. The van der Waals surface area contributed by atoms with Crippen LogP contribution in [0.3, 0.4) is 0 Å². The van der Waals surface area contributed by atoms with Gasteiger partial charge in [-0.3, -0.25) is 0 Å². The second-order valence-electron chi connectivity index (χ2n) is 4.48. The highest BCUT2D eigenvalue weighted by Gasteiger charge is 2.10. The topological polar surface area (TPSA) is 21.3 Å². The van der Waals surface area contributed by atoms with E-state index in [4.69, 9.17) is 4.74 Å². The molecule has 2 rings (SSSR count). The van der Waals surface area contributed by atoms with Gasteiger partial charge in [0.2, 0.25) is 0 Å². The minimum absolute atomic E-state index is 0.442. The van der Waals surface area contributed by atoms with Crippen molar-refractivity contribution in [3.63, 3.8) is 0 Å². The summed E-state index contributed by atoms with van der Waals surface area (Å²) in [6.07, 6.45) is 2.05. The normalized spacial score (nSPS) is 12.4. The summed E-state index contributed by atoms with van der Waals surface area (Å²) in [4.78, 5) is 1.40. The highest BCUT2D eigenvalue weighted by molar-refractivity contribution is 9.10. The van der Waals surface area contributed by atoms with Gasteiger partial charge in [-0.2, -0.15) is 0 Å². The summed E-state index contributed by atoms with van der Waals surface area (Å²) in [5.41, 5.74) is 1.30. The van der Waals surface area contributed by atoms with Gasteiger partial charge in [0.05, 0.1) is 7.11 Å². The Labute approximate surface area is 126 Å². The average Bonchev–Trinajstić information content (AvgIpc) is 2.83. The number of hydrogen-bond acceptors (Lipinski definition) is 3. The van der Waals surface area contributed by atoms with E-state index in [1.165, 1.54) is 14.9 Å². The fourth-order valence-corrected chi connectivity index (χ4v) is 3.60. The van der Waals surface area contributed by atoms with Crippen LogP contribution in [0.1, 0.15) is 10.4 Å². The van der Waals surface area contributed by atoms with Gasteiger partial charge < -0.3 is 10.1 Å². The molecule has 4 heteroatoms. The van der Waals surface area contributed by atoms with Gasteiger partial charge in [-0.05, 0) is 59.6 Å². The second-order valence-corrected chi connectivity index (χ2v) is 6.39. The van der Waals surface area contributed by atoms with Crippen molar-refractivity contribution in [3.05, 3.63) is 50.6 Å². The Hall–Kier alpha value is -0.840. The monoisotopic (exact) mass is 339 g/mol. The van der Waals surface area contributed by atoms with Gasteiger partial charge in [0, 0.05) is 20.8 Å². The van der Waals surface area contributed by atoms with Crippen molar-refractivity contribution in [2.45, 2.75) is 18.9 Å². The molecule has 1 aromatic heterocycles. The predicted octanol–water partition coefficient (Wildman–Crippen LogP) is 3.89. The van der Waals surface area contributed by atoms with Crippen LogP contribution in [0.15, 0.2) is 40.2 Å². The Morgan fingerprint density at radius 2 is 2.16 bits per heavy atom. The number of methoxy groups -OCH3 is 1. The maximum absolute atomic E-state index is 5.27. The van der Waals surface area contributed by atoms with E-state index in [1.54, 1.807) is 18.4 Å². The molecule has 1 atom stereocenters. The summed E-state index contributed by atoms with van der Waals surface area (Å²) in [5, 5.41) is 5.53. The minimum Gasteiger partial charge on any atom is -0.497 e. The molecule has 0 aliphatic rings. The Morgan fingerprint density at radius 3 is 2.79 bits per heavy atom. The molecule has 102 valence electrons. The van der Waals surface area contributed by atoms with Crippen molar-refractivity contribution >= 4 is 27.3 Å². The van der Waals surface area contributed by atoms with Crippen LogP contribution in [-0.4, -0.2) is 20.2 Å². The highest BCUT2D eigenvalue weighted by atomic mass is 79.9. The van der Waals surface area contributed by atoms with E-state index in [-0.39, 0.29) is 0 Å². The number of rotatable bonds is 6. The molecule has 1 heterocycles. The molecule has 2 nitrogen and oxygen atoms in total. The lowest BCUT2D eigenvalue weighted by Crippen LogP contribution is -2.29. The summed E-state index contributed by atoms with van der Waals surface area (Å²) in [6, 6.07) is 10.9. The van der Waals surface area contributed by atoms with Gasteiger partial charge in [-0.1, -0.05) is 12.1 Å². The number of likely N-dealkylation sites (N-methyl/N-ethyl adjacent to an activating group) is 1. The Balaban J connectivity index is 2.01. The molecular weight excluding hydrogens is 322 g/mol. The molecule has 0 fully saturated rings. The standard InChI is InChI=1S/C15H18BrNOS/c1-17-13(9-15-8-12(16)10-19-15)6-11-4-3-5-14(7-11)18-2/h3-5,7-8,10,13,17H,6,9H2,1-2H3. The van der Waals surface area contributed by atoms with Crippen LogP contribution in [-0.2, 0) is 12.8 Å². The Kier molecular flexibility index (Phi) is 5.43. The molecule has 1 aromatic carbocycles. The molecule has 0 saturated carbocycles. The lowest BCUT2D eigenvalue weighted by Gasteiger charge is -2.15. The molecule has 0 aliphatic heterocycles. The van der Waals surface area contributed by atoms with Gasteiger partial charge in [0.25, 0.3) is 0 Å². The number of nitrogens with one attached hydrogen (secondary N) is 1. The van der Waals surface area contributed by atoms with E-state index in [1.807, 2.05) is 19.2 Å². The number of thiophene rings is 1. The number of ether oxygens (including phenoxy) is 1. The van der Waals surface area contributed by atoms with E-state index >= 15 is 0 Å². The Morgan fingerprint density at radius 1 is 1.32 bits per heavy atom. The fraction of sp³-hybridized carbons (Fsp3) is 0.333. The third kappa shape index (κ3) is 4.34. The summed E-state index contributed by atoms with van der Waals surface area (Å²) < 4.78 is 6.44. The van der Waals surface area contributed by atoms with Crippen molar-refractivity contribution < 1.29 is 4.74 Å². The summed E-state index contributed by atoms with van der Waals surface area (Å²) in [6.45, 7) is 0. The molecule has 0 bridgehead atoms. The zero-order chi connectivity index (χ0) is 13.7. The van der Waals surface area contributed by atoms with E-state index in [2.05, 4.69) is 44.8 Å². The van der Waals surface area contributed by atoms with Crippen LogP contribution < -0.4 is 10.1 Å². The largest absolute Gasteiger partial charge is 0.497 e. The van der Waals surface area contributed by atoms with Gasteiger partial charge >= 0.3 is 0 Å². The van der Waals surface area contributed by atoms with Crippen molar-refractivity contribution in [2.75, 3.05) is 14.2 Å². The molecule has 19 heavy (non-hydrogen) atoms. The maximum atomic E-state index is 5.27. The molecule has 0 amide bonds. The summed E-state index contributed by atoms with van der Waals surface area (Å²) in [5.74, 6) is 0.922. The van der Waals surface area contributed by atoms with Crippen LogP contribution in [0, 0.1) is 0 Å². The highest BCUT2D eigenvalue weighted by Crippen LogP contribution is 2.22. The van der Waals surface area contributed by atoms with Crippen molar-refractivity contribution in [1.82, 2.24) is 5.32 Å². The minimum atomic E-state index is 0.442. The number of halogens is 1. The zero-order valence-corrected chi connectivity index (χ0v) is 13.6. The van der Waals surface area contributed by atoms with Gasteiger partial charge in [0.15, 0.2) is 0 Å². The quantitative estimate of drug-likeness (QED) is 0.861. The van der Waals surface area contributed by atoms with Crippen molar-refractivity contribution in [3.8, 4) is 5.75 Å². The maximum Gasteiger partial charge on any atom is 0.119 e. The van der Waals surface area contributed by atoms with E-state index in [0.29, 0.717) is 6.04 Å². The number of hydrogen-bond donors (Lipinski definition) is 1. The lowest BCUT2D eigenvalue weighted by molar-refractivity contribution is 0.414. The van der Waals surface area contributed by atoms with Crippen LogP contribution in [0.5, 0.6) is 5.75 Å². The molecule has 2 aromatic rings. The number of benzene rings is 1. The van der Waals surface area contributed by atoms with Crippen LogP contribution in [0.4, 0.5) is 0 Å². The molecule has 1 unspecified atom stereocenters. The van der Waals surface area contributed by atoms with E-state index in [0.717, 1.165) is 18.6 Å². The molecule has 0 saturated heterocycles. The molecule has 0 spiro atoms. The van der Waals surface area contributed by atoms with Crippen LogP contribution >= 0.6 is 27.3 Å². The SMILES string of the molecule is CNC(Cc1cccc(OC)c1)Cc1cc(Br)cs1. The summed E-state index contributed by atoms with van der Waals surface area (Å²) >= 11 is 5.30. The van der Waals surface area contributed by atoms with Crippen molar-refractivity contribution in [2.24, 2.45) is 0 Å². The molecular formula is C15H18BrNOS. The third-order valence-electron chi connectivity index (χ3n) is 3.09. The van der Waals surface area contributed by atoms with Gasteiger partial charge in [0.1, 0.15) is 5.75 Å². The third-order valence-corrected chi connectivity index (χ3v) is 4.81. The average molecular weight is 340 g/mol. The van der Waals surface area contributed by atoms with Gasteiger partial charge in [-0.25, -0.2) is 0 Å². The first-order valence-electron chi connectivity index (χ1n) is 6.24. The predicted molar refractivity (Wildman–Crippen MR) is 85.3 cm³/mol. The first-order valence-corrected chi connectivity index (χ1v) is 7.91.